The summed E-state index contributed by atoms with van der Waals surface area (Å²) in [5, 5.41) is 3.50. The Hall–Kier alpha value is -3.39. The average molecular weight is 469 g/mol. The molecule has 0 spiro atoms. The summed E-state index contributed by atoms with van der Waals surface area (Å²) in [6.45, 7) is 4.14. The van der Waals surface area contributed by atoms with Crippen molar-refractivity contribution in [2.24, 2.45) is 5.41 Å². The first-order valence-electron chi connectivity index (χ1n) is 10.5. The molecule has 2 N–H and O–H groups in total. The van der Waals surface area contributed by atoms with Gasteiger partial charge < -0.3 is 10.1 Å². The molecule has 172 valence electrons. The van der Waals surface area contributed by atoms with Gasteiger partial charge in [0.25, 0.3) is 10.0 Å². The molecular formula is C25H25FN2O4S. The predicted octanol–water partition coefficient (Wildman–Crippen LogP) is 5.15. The smallest absolute Gasteiger partial charge is 0.337 e. The normalized spacial score (nSPS) is 16.9. The highest BCUT2D eigenvalue weighted by Crippen LogP contribution is 2.47. The maximum atomic E-state index is 14.2. The van der Waals surface area contributed by atoms with Crippen molar-refractivity contribution in [2.45, 2.75) is 31.2 Å². The Labute approximate surface area is 192 Å². The molecule has 0 bridgehead atoms. The molecule has 1 aliphatic heterocycles. The lowest BCUT2D eigenvalue weighted by molar-refractivity contribution is 0.0600. The van der Waals surface area contributed by atoms with E-state index in [2.05, 4.69) is 23.9 Å². The number of hydrogen-bond acceptors (Lipinski definition) is 5. The summed E-state index contributed by atoms with van der Waals surface area (Å²) >= 11 is 0. The first-order valence-corrected chi connectivity index (χ1v) is 11.9. The Morgan fingerprint density at radius 3 is 2.52 bits per heavy atom. The SMILES string of the molecule is COC(=O)c1ccc2c(c1)CC(C)(C)C(c1ccccc1NS(=O)(=O)c1ccccc1F)N2. The third kappa shape index (κ3) is 4.43. The predicted molar refractivity (Wildman–Crippen MR) is 125 cm³/mol. The van der Waals surface area contributed by atoms with E-state index >= 15 is 0 Å². The molecule has 1 aliphatic rings. The van der Waals surface area contributed by atoms with Gasteiger partial charge in [-0.3, -0.25) is 4.72 Å². The minimum absolute atomic E-state index is 0.242. The molecular weight excluding hydrogens is 443 g/mol. The van der Waals surface area contributed by atoms with Gasteiger partial charge in [0.15, 0.2) is 0 Å². The lowest BCUT2D eigenvalue weighted by Crippen LogP contribution is -2.35. The number of rotatable bonds is 5. The van der Waals surface area contributed by atoms with E-state index in [1.165, 1.54) is 25.3 Å². The Morgan fingerprint density at radius 1 is 1.09 bits per heavy atom. The first-order chi connectivity index (χ1) is 15.6. The second-order valence-electron chi connectivity index (χ2n) is 8.73. The van der Waals surface area contributed by atoms with Crippen molar-refractivity contribution in [2.75, 3.05) is 17.1 Å². The molecule has 33 heavy (non-hydrogen) atoms. The van der Waals surface area contributed by atoms with Crippen LogP contribution in [0.4, 0.5) is 15.8 Å². The van der Waals surface area contributed by atoms with Crippen LogP contribution in [0.3, 0.4) is 0 Å². The van der Waals surface area contributed by atoms with Gasteiger partial charge in [0.1, 0.15) is 10.7 Å². The zero-order chi connectivity index (χ0) is 23.8. The minimum Gasteiger partial charge on any atom is -0.465 e. The topological polar surface area (TPSA) is 84.5 Å². The van der Waals surface area contributed by atoms with Crippen LogP contribution < -0.4 is 10.0 Å². The first kappa shape index (κ1) is 22.8. The van der Waals surface area contributed by atoms with Gasteiger partial charge in [-0.2, -0.15) is 0 Å². The van der Waals surface area contributed by atoms with E-state index in [4.69, 9.17) is 4.74 Å². The molecule has 1 unspecified atom stereocenters. The highest BCUT2D eigenvalue weighted by Gasteiger charge is 2.37. The number of methoxy groups -OCH3 is 1. The van der Waals surface area contributed by atoms with E-state index in [-0.39, 0.29) is 11.5 Å². The molecule has 0 amide bonds. The summed E-state index contributed by atoms with van der Waals surface area (Å²) in [5.74, 6) is -1.21. The van der Waals surface area contributed by atoms with Crippen molar-refractivity contribution < 1.29 is 22.3 Å². The Bertz CT molecular complexity index is 1320. The average Bonchev–Trinajstić information content (AvgIpc) is 2.77. The van der Waals surface area contributed by atoms with Crippen LogP contribution in [-0.2, 0) is 21.2 Å². The zero-order valence-corrected chi connectivity index (χ0v) is 19.4. The van der Waals surface area contributed by atoms with Gasteiger partial charge in [-0.25, -0.2) is 17.6 Å². The van der Waals surface area contributed by atoms with Crippen LogP contribution in [-0.4, -0.2) is 21.5 Å². The van der Waals surface area contributed by atoms with Gasteiger partial charge in [-0.15, -0.1) is 0 Å². The van der Waals surface area contributed by atoms with Crippen molar-refractivity contribution in [3.63, 3.8) is 0 Å². The molecule has 0 saturated carbocycles. The van der Waals surface area contributed by atoms with Gasteiger partial charge in [-0.05, 0) is 59.4 Å². The van der Waals surface area contributed by atoms with Gasteiger partial charge in [0.05, 0.1) is 24.4 Å². The Balaban J connectivity index is 1.71. The quantitative estimate of drug-likeness (QED) is 0.506. The summed E-state index contributed by atoms with van der Waals surface area (Å²) in [6.07, 6.45) is 0.652. The van der Waals surface area contributed by atoms with Crippen LogP contribution in [0.25, 0.3) is 0 Å². The van der Waals surface area contributed by atoms with Crippen molar-refractivity contribution in [3.05, 3.63) is 89.2 Å². The molecule has 1 atom stereocenters. The van der Waals surface area contributed by atoms with Crippen LogP contribution in [0.5, 0.6) is 0 Å². The molecule has 0 saturated heterocycles. The third-order valence-electron chi connectivity index (χ3n) is 5.90. The number of carbonyl (C=O) groups excluding carboxylic acids is 1. The monoisotopic (exact) mass is 468 g/mol. The number of fused-ring (bicyclic) bond motifs is 1. The molecule has 0 radical (unpaired) electrons. The molecule has 0 fully saturated rings. The lowest BCUT2D eigenvalue weighted by Gasteiger charge is -2.42. The maximum absolute atomic E-state index is 14.2. The molecule has 0 aliphatic carbocycles. The molecule has 3 aromatic rings. The Kier molecular flexibility index (Phi) is 5.88. The summed E-state index contributed by atoms with van der Waals surface area (Å²) in [6, 6.07) is 17.5. The van der Waals surface area contributed by atoms with Gasteiger partial charge in [0.2, 0.25) is 0 Å². The number of nitrogens with one attached hydrogen (secondary N) is 2. The van der Waals surface area contributed by atoms with Crippen LogP contribution in [0.2, 0.25) is 0 Å². The van der Waals surface area contributed by atoms with E-state index < -0.39 is 26.7 Å². The van der Waals surface area contributed by atoms with Gasteiger partial charge in [0, 0.05) is 5.69 Å². The molecule has 0 aromatic heterocycles. The number of para-hydroxylation sites is 1. The third-order valence-corrected chi connectivity index (χ3v) is 7.29. The van der Waals surface area contributed by atoms with Crippen LogP contribution in [0.1, 0.15) is 41.4 Å². The van der Waals surface area contributed by atoms with Gasteiger partial charge >= 0.3 is 5.97 Å². The van der Waals surface area contributed by atoms with Crippen molar-refractivity contribution in [1.29, 1.82) is 0 Å². The maximum Gasteiger partial charge on any atom is 0.337 e. The Morgan fingerprint density at radius 2 is 1.79 bits per heavy atom. The number of halogens is 1. The van der Waals surface area contributed by atoms with E-state index in [0.717, 1.165) is 22.9 Å². The number of sulfonamides is 1. The zero-order valence-electron chi connectivity index (χ0n) is 18.6. The number of esters is 1. The molecule has 4 rings (SSSR count). The summed E-state index contributed by atoms with van der Waals surface area (Å²) in [7, 11) is -2.78. The summed E-state index contributed by atoms with van der Waals surface area (Å²) in [5.41, 5.74) is 3.10. The number of ether oxygens (including phenoxy) is 1. The second kappa shape index (κ2) is 8.51. The summed E-state index contributed by atoms with van der Waals surface area (Å²) < 4.78 is 47.4. The van der Waals surface area contributed by atoms with Crippen LogP contribution in [0, 0.1) is 11.2 Å². The number of anilines is 2. The largest absolute Gasteiger partial charge is 0.465 e. The van der Waals surface area contributed by atoms with Crippen molar-refractivity contribution >= 4 is 27.4 Å². The highest BCUT2D eigenvalue weighted by molar-refractivity contribution is 7.92. The van der Waals surface area contributed by atoms with E-state index in [0.29, 0.717) is 17.7 Å². The van der Waals surface area contributed by atoms with E-state index in [9.17, 15) is 17.6 Å². The molecule has 3 aromatic carbocycles. The fourth-order valence-electron chi connectivity index (χ4n) is 4.27. The fourth-order valence-corrected chi connectivity index (χ4v) is 5.44. The second-order valence-corrected chi connectivity index (χ2v) is 10.4. The molecule has 1 heterocycles. The lowest BCUT2D eigenvalue weighted by atomic mass is 9.72. The van der Waals surface area contributed by atoms with E-state index in [1.54, 1.807) is 18.2 Å². The summed E-state index contributed by atoms with van der Waals surface area (Å²) in [4.78, 5) is 11.5. The van der Waals surface area contributed by atoms with Crippen molar-refractivity contribution in [3.8, 4) is 0 Å². The van der Waals surface area contributed by atoms with E-state index in [1.807, 2.05) is 24.3 Å². The minimum atomic E-state index is -4.13. The van der Waals surface area contributed by atoms with Crippen molar-refractivity contribution in [1.82, 2.24) is 0 Å². The standard InChI is InChI=1S/C25H25FN2O4S/c1-25(2)15-17-14-16(24(29)32-3)12-13-20(17)27-23(25)18-8-4-6-10-21(18)28-33(30,31)22-11-7-5-9-19(22)26/h4-14,23,27-28H,15H2,1-3H3. The van der Waals surface area contributed by atoms with Crippen LogP contribution >= 0.6 is 0 Å². The molecule has 8 heteroatoms. The fraction of sp³-hybridized carbons (Fsp3) is 0.240. The number of benzene rings is 3. The van der Waals surface area contributed by atoms with Gasteiger partial charge in [-0.1, -0.05) is 44.2 Å². The number of carbonyl (C=O) groups is 1. The molecule has 6 nitrogen and oxygen atoms in total. The van der Waals surface area contributed by atoms with Crippen LogP contribution in [0.15, 0.2) is 71.6 Å². The highest BCUT2D eigenvalue weighted by atomic mass is 32.2. The number of hydrogen-bond donors (Lipinski definition) is 2.